The van der Waals surface area contributed by atoms with Crippen molar-refractivity contribution in [3.63, 3.8) is 0 Å². The van der Waals surface area contributed by atoms with E-state index in [9.17, 15) is 14.0 Å². The van der Waals surface area contributed by atoms with E-state index in [-0.39, 0.29) is 23.3 Å². The molecule has 0 atom stereocenters. The summed E-state index contributed by atoms with van der Waals surface area (Å²) < 4.78 is 13.3. The summed E-state index contributed by atoms with van der Waals surface area (Å²) in [4.78, 5) is 33.4. The molecule has 2 aromatic rings. The molecule has 0 fully saturated rings. The van der Waals surface area contributed by atoms with Gasteiger partial charge in [-0.25, -0.2) is 9.37 Å². The van der Waals surface area contributed by atoms with Crippen molar-refractivity contribution in [3.05, 3.63) is 63.1 Å². The number of aryl methyl sites for hydroxylation is 1. The minimum absolute atomic E-state index is 0.0157. The van der Waals surface area contributed by atoms with Crippen molar-refractivity contribution in [2.45, 2.75) is 39.7 Å². The minimum atomic E-state index is -0.455. The molecule has 1 aromatic heterocycles. The second-order valence-electron chi connectivity index (χ2n) is 6.92. The molecule has 0 aliphatic heterocycles. The molecule has 0 aliphatic rings. The van der Waals surface area contributed by atoms with Gasteiger partial charge in [0, 0.05) is 19.0 Å². The Bertz CT molecular complexity index is 822. The molecular formula is C18H22FN3O2. The number of benzene rings is 1. The standard InChI is InChI=1S/C18H22FN3O2/c1-11-14(15(23)21-17(20-11)18(2,3)4)16(24)22(5)10-12-7-6-8-13(19)9-12/h6-9H,10H2,1-5H3,(H,20,21,23). The molecule has 5 nitrogen and oxygen atoms in total. The zero-order chi connectivity index (χ0) is 18.1. The quantitative estimate of drug-likeness (QED) is 0.940. The number of nitrogens with one attached hydrogen (secondary N) is 1. The van der Waals surface area contributed by atoms with Gasteiger partial charge >= 0.3 is 0 Å². The number of rotatable bonds is 3. The Morgan fingerprint density at radius 2 is 2.00 bits per heavy atom. The first-order chi connectivity index (χ1) is 11.1. The summed E-state index contributed by atoms with van der Waals surface area (Å²) in [5, 5.41) is 0. The van der Waals surface area contributed by atoms with Crippen LogP contribution < -0.4 is 5.56 Å². The van der Waals surface area contributed by atoms with Crippen LogP contribution in [0.4, 0.5) is 4.39 Å². The third-order valence-corrected chi connectivity index (χ3v) is 3.68. The van der Waals surface area contributed by atoms with E-state index in [4.69, 9.17) is 0 Å². The lowest BCUT2D eigenvalue weighted by Gasteiger charge is -2.21. The van der Waals surface area contributed by atoms with Crippen molar-refractivity contribution in [1.29, 1.82) is 0 Å². The zero-order valence-electron chi connectivity index (χ0n) is 14.6. The first kappa shape index (κ1) is 17.8. The maximum absolute atomic E-state index is 13.3. The fourth-order valence-corrected chi connectivity index (χ4v) is 2.36. The van der Waals surface area contributed by atoms with Gasteiger partial charge in [-0.1, -0.05) is 32.9 Å². The molecule has 6 heteroatoms. The summed E-state index contributed by atoms with van der Waals surface area (Å²) >= 11 is 0. The SMILES string of the molecule is Cc1nc(C(C)(C)C)[nH]c(=O)c1C(=O)N(C)Cc1cccc(F)c1. The number of aromatic nitrogens is 2. The summed E-state index contributed by atoms with van der Waals surface area (Å²) in [6, 6.07) is 6.02. The van der Waals surface area contributed by atoms with Crippen LogP contribution >= 0.6 is 0 Å². The fourth-order valence-electron chi connectivity index (χ4n) is 2.36. The molecule has 0 aliphatic carbocycles. The van der Waals surface area contributed by atoms with E-state index in [2.05, 4.69) is 9.97 Å². The number of carbonyl (C=O) groups excluding carboxylic acids is 1. The molecule has 0 saturated carbocycles. The van der Waals surface area contributed by atoms with Gasteiger partial charge in [-0.15, -0.1) is 0 Å². The number of carbonyl (C=O) groups is 1. The molecule has 1 N–H and O–H groups in total. The number of aromatic amines is 1. The van der Waals surface area contributed by atoms with E-state index in [1.54, 1.807) is 26.1 Å². The molecule has 0 spiro atoms. The van der Waals surface area contributed by atoms with Crippen molar-refractivity contribution in [2.75, 3.05) is 7.05 Å². The number of amides is 1. The highest BCUT2D eigenvalue weighted by Gasteiger charge is 2.24. The smallest absolute Gasteiger partial charge is 0.264 e. The largest absolute Gasteiger partial charge is 0.337 e. The third-order valence-electron chi connectivity index (χ3n) is 3.68. The Balaban J connectivity index is 2.31. The van der Waals surface area contributed by atoms with Gasteiger partial charge in [-0.2, -0.15) is 0 Å². The molecule has 2 rings (SSSR count). The monoisotopic (exact) mass is 331 g/mol. The van der Waals surface area contributed by atoms with Gasteiger partial charge < -0.3 is 9.88 Å². The van der Waals surface area contributed by atoms with E-state index in [1.807, 2.05) is 20.8 Å². The summed E-state index contributed by atoms with van der Waals surface area (Å²) in [6.45, 7) is 7.65. The molecule has 24 heavy (non-hydrogen) atoms. The number of H-pyrrole nitrogens is 1. The first-order valence-corrected chi connectivity index (χ1v) is 7.71. The lowest BCUT2D eigenvalue weighted by molar-refractivity contribution is 0.0781. The van der Waals surface area contributed by atoms with Gasteiger partial charge in [-0.3, -0.25) is 9.59 Å². The van der Waals surface area contributed by atoms with Gasteiger partial charge in [0.05, 0.1) is 5.69 Å². The van der Waals surface area contributed by atoms with E-state index in [1.165, 1.54) is 17.0 Å². The molecule has 1 aromatic carbocycles. The molecule has 1 amide bonds. The Morgan fingerprint density at radius 1 is 1.33 bits per heavy atom. The molecular weight excluding hydrogens is 309 g/mol. The maximum atomic E-state index is 13.3. The molecule has 1 heterocycles. The Labute approximate surface area is 140 Å². The number of halogens is 1. The highest BCUT2D eigenvalue weighted by atomic mass is 19.1. The van der Waals surface area contributed by atoms with Crippen LogP contribution in [0.15, 0.2) is 29.1 Å². The number of nitrogens with zero attached hydrogens (tertiary/aromatic N) is 2. The van der Waals surface area contributed by atoms with Crippen LogP contribution in [0.25, 0.3) is 0 Å². The predicted molar refractivity (Wildman–Crippen MR) is 90.5 cm³/mol. The summed E-state index contributed by atoms with van der Waals surface area (Å²) in [7, 11) is 1.57. The lowest BCUT2D eigenvalue weighted by atomic mass is 9.95. The van der Waals surface area contributed by atoms with E-state index in [0.29, 0.717) is 17.1 Å². The van der Waals surface area contributed by atoms with Gasteiger partial charge in [-0.05, 0) is 24.6 Å². The Hall–Kier alpha value is -2.50. The second-order valence-corrected chi connectivity index (χ2v) is 6.92. The lowest BCUT2D eigenvalue weighted by Crippen LogP contribution is -2.34. The maximum Gasteiger partial charge on any atom is 0.264 e. The highest BCUT2D eigenvalue weighted by molar-refractivity contribution is 5.94. The molecule has 0 saturated heterocycles. The van der Waals surface area contributed by atoms with Crippen LogP contribution in [-0.2, 0) is 12.0 Å². The summed E-state index contributed by atoms with van der Waals surface area (Å²) in [5.41, 5.74) is 0.281. The average molecular weight is 331 g/mol. The molecule has 0 radical (unpaired) electrons. The molecule has 0 unspecified atom stereocenters. The van der Waals surface area contributed by atoms with Crippen LogP contribution in [-0.4, -0.2) is 27.8 Å². The van der Waals surface area contributed by atoms with Crippen LogP contribution in [0.1, 0.15) is 48.2 Å². The van der Waals surface area contributed by atoms with E-state index >= 15 is 0 Å². The van der Waals surface area contributed by atoms with Crippen LogP contribution in [0.5, 0.6) is 0 Å². The highest BCUT2D eigenvalue weighted by Crippen LogP contribution is 2.18. The third kappa shape index (κ3) is 3.88. The van der Waals surface area contributed by atoms with Gasteiger partial charge in [0.2, 0.25) is 0 Å². The summed E-state index contributed by atoms with van der Waals surface area (Å²) in [6.07, 6.45) is 0. The second kappa shape index (κ2) is 6.55. The van der Waals surface area contributed by atoms with Crippen LogP contribution in [0.2, 0.25) is 0 Å². The van der Waals surface area contributed by atoms with Crippen molar-refractivity contribution in [2.24, 2.45) is 0 Å². The van der Waals surface area contributed by atoms with Gasteiger partial charge in [0.25, 0.3) is 11.5 Å². The molecule has 128 valence electrons. The van der Waals surface area contributed by atoms with Gasteiger partial charge in [0.1, 0.15) is 17.2 Å². The van der Waals surface area contributed by atoms with Crippen molar-refractivity contribution >= 4 is 5.91 Å². The van der Waals surface area contributed by atoms with Crippen LogP contribution in [0.3, 0.4) is 0 Å². The normalized spacial score (nSPS) is 11.4. The Kier molecular flexibility index (Phi) is 4.87. The number of hydrogen-bond acceptors (Lipinski definition) is 3. The average Bonchev–Trinajstić information content (AvgIpc) is 2.45. The minimum Gasteiger partial charge on any atom is -0.337 e. The summed E-state index contributed by atoms with van der Waals surface area (Å²) in [5.74, 6) is -0.265. The first-order valence-electron chi connectivity index (χ1n) is 7.71. The van der Waals surface area contributed by atoms with Gasteiger partial charge in [0.15, 0.2) is 0 Å². The zero-order valence-corrected chi connectivity index (χ0v) is 14.6. The topological polar surface area (TPSA) is 66.1 Å². The predicted octanol–water partition coefficient (Wildman–Crippen LogP) is 2.79. The number of hydrogen-bond donors (Lipinski definition) is 1. The fraction of sp³-hybridized carbons (Fsp3) is 0.389. The van der Waals surface area contributed by atoms with E-state index in [0.717, 1.165) is 0 Å². The molecule has 0 bridgehead atoms. The van der Waals surface area contributed by atoms with Crippen LogP contribution in [0, 0.1) is 12.7 Å². The van der Waals surface area contributed by atoms with Crippen molar-refractivity contribution < 1.29 is 9.18 Å². The van der Waals surface area contributed by atoms with E-state index < -0.39 is 11.5 Å². The Morgan fingerprint density at radius 3 is 2.54 bits per heavy atom. The van der Waals surface area contributed by atoms with Crippen molar-refractivity contribution in [1.82, 2.24) is 14.9 Å². The van der Waals surface area contributed by atoms with Crippen molar-refractivity contribution in [3.8, 4) is 0 Å².